The molecule has 5 rings (SSSR count). The number of hydrogen-bond donors (Lipinski definition) is 2. The molecule has 0 spiro atoms. The van der Waals surface area contributed by atoms with E-state index in [1.165, 1.54) is 0 Å². The van der Waals surface area contributed by atoms with Crippen LogP contribution in [-0.4, -0.2) is 30.6 Å². The number of urea groups is 1. The van der Waals surface area contributed by atoms with Crippen LogP contribution in [0.3, 0.4) is 0 Å². The Morgan fingerprint density at radius 3 is 2.38 bits per heavy atom. The van der Waals surface area contributed by atoms with Gasteiger partial charge in [-0.15, -0.1) is 0 Å². The van der Waals surface area contributed by atoms with Crippen molar-refractivity contribution >= 4 is 28.4 Å². The molecule has 0 aliphatic rings. The third-order valence-corrected chi connectivity index (χ3v) is 6.09. The average molecular weight is 491 g/mol. The van der Waals surface area contributed by atoms with Crippen LogP contribution in [0.4, 0.5) is 16.3 Å². The molecule has 9 heteroatoms. The second kappa shape index (κ2) is 9.24. The van der Waals surface area contributed by atoms with E-state index in [1.54, 1.807) is 39.8 Å². The predicted octanol–water partition coefficient (Wildman–Crippen LogP) is 5.63. The van der Waals surface area contributed by atoms with Crippen molar-refractivity contribution in [3.63, 3.8) is 0 Å². The van der Waals surface area contributed by atoms with Crippen LogP contribution in [0.25, 0.3) is 27.7 Å². The molecule has 184 valence electrons. The Hall–Kier alpha value is -4.97. The summed E-state index contributed by atoms with van der Waals surface area (Å²) in [6, 6.07) is 18.2. The summed E-state index contributed by atoms with van der Waals surface area (Å²) in [4.78, 5) is 17.3. The third-order valence-electron chi connectivity index (χ3n) is 6.09. The number of carbonyl (C=O) groups excluding carboxylic acids is 1. The molecule has 0 aliphatic heterocycles. The van der Waals surface area contributed by atoms with Gasteiger partial charge < -0.3 is 5.32 Å². The number of amides is 2. The fraction of sp³-hybridized carbons (Fsp3) is 0.179. The first-order valence-corrected chi connectivity index (χ1v) is 11.8. The van der Waals surface area contributed by atoms with Gasteiger partial charge in [-0.25, -0.2) is 9.48 Å². The van der Waals surface area contributed by atoms with Gasteiger partial charge in [0.05, 0.1) is 40.9 Å². The van der Waals surface area contributed by atoms with Crippen LogP contribution in [-0.2, 0) is 12.5 Å². The van der Waals surface area contributed by atoms with Crippen LogP contribution in [0.5, 0.6) is 0 Å². The molecular weight excluding hydrogens is 464 g/mol. The van der Waals surface area contributed by atoms with E-state index in [2.05, 4.69) is 47.6 Å². The van der Waals surface area contributed by atoms with E-state index in [0.29, 0.717) is 17.1 Å². The fourth-order valence-electron chi connectivity index (χ4n) is 4.01. The zero-order valence-corrected chi connectivity index (χ0v) is 21.0. The number of carbonyl (C=O) groups is 1. The molecule has 2 amide bonds. The van der Waals surface area contributed by atoms with E-state index in [9.17, 15) is 4.79 Å². The first-order valence-electron chi connectivity index (χ1n) is 11.8. The zero-order valence-electron chi connectivity index (χ0n) is 21.0. The van der Waals surface area contributed by atoms with Crippen LogP contribution in [0.2, 0.25) is 0 Å². The number of aromatic nitrogens is 5. The van der Waals surface area contributed by atoms with E-state index >= 15 is 0 Å². The monoisotopic (exact) mass is 490 g/mol. The van der Waals surface area contributed by atoms with Gasteiger partial charge in [0.2, 0.25) is 0 Å². The molecule has 37 heavy (non-hydrogen) atoms. The minimum atomic E-state index is -0.390. The van der Waals surface area contributed by atoms with E-state index in [0.717, 1.165) is 33.4 Å². The molecule has 2 N–H and O–H groups in total. The topological polar surface area (TPSA) is 113 Å². The lowest BCUT2D eigenvalue weighted by Crippen LogP contribution is -2.21. The van der Waals surface area contributed by atoms with E-state index < -0.39 is 0 Å². The maximum Gasteiger partial charge on any atom is 0.324 e. The Kier molecular flexibility index (Phi) is 5.93. The Morgan fingerprint density at radius 1 is 0.973 bits per heavy atom. The van der Waals surface area contributed by atoms with Crippen LogP contribution in [0, 0.1) is 11.3 Å². The molecule has 2 aromatic carbocycles. The highest BCUT2D eigenvalue weighted by molar-refractivity contribution is 6.00. The van der Waals surface area contributed by atoms with Crippen molar-refractivity contribution in [3.05, 3.63) is 84.4 Å². The standard InChI is InChI=1S/C28H26N8O/c1-28(2,3)25-13-26(36(34-25)21-11-5-18(14-29)6-12-21)33-27(37)32-20-9-7-19(8-10-20)22-15-30-17-24-23(22)16-31-35(24)4/h5-13,15-17H,1-4H3,(H2,32,33,37). The number of anilines is 2. The van der Waals surface area contributed by atoms with Gasteiger partial charge in [-0.05, 0) is 42.0 Å². The minimum absolute atomic E-state index is 0.216. The van der Waals surface area contributed by atoms with E-state index in [1.807, 2.05) is 49.8 Å². The zero-order chi connectivity index (χ0) is 26.2. The lowest BCUT2D eigenvalue weighted by molar-refractivity contribution is 0.262. The molecule has 0 atom stereocenters. The number of nitrogens with one attached hydrogen (secondary N) is 2. The molecule has 9 nitrogen and oxygen atoms in total. The summed E-state index contributed by atoms with van der Waals surface area (Å²) >= 11 is 0. The molecule has 0 saturated heterocycles. The first kappa shape index (κ1) is 23.8. The van der Waals surface area contributed by atoms with E-state index in [4.69, 9.17) is 10.4 Å². The van der Waals surface area contributed by atoms with Crippen molar-refractivity contribution in [1.82, 2.24) is 24.5 Å². The highest BCUT2D eigenvalue weighted by Crippen LogP contribution is 2.29. The molecule has 3 heterocycles. The molecule has 0 fully saturated rings. The summed E-state index contributed by atoms with van der Waals surface area (Å²) < 4.78 is 3.46. The van der Waals surface area contributed by atoms with Gasteiger partial charge in [-0.3, -0.25) is 15.0 Å². The summed E-state index contributed by atoms with van der Waals surface area (Å²) in [5.41, 5.74) is 5.46. The highest BCUT2D eigenvalue weighted by Gasteiger charge is 2.21. The lowest BCUT2D eigenvalue weighted by atomic mass is 9.92. The van der Waals surface area contributed by atoms with Gasteiger partial charge >= 0.3 is 6.03 Å². The predicted molar refractivity (Wildman–Crippen MR) is 144 cm³/mol. The molecule has 0 aliphatic carbocycles. The molecule has 0 unspecified atom stereocenters. The van der Waals surface area contributed by atoms with Crippen LogP contribution in [0.15, 0.2) is 73.2 Å². The van der Waals surface area contributed by atoms with Crippen molar-refractivity contribution in [2.24, 2.45) is 7.05 Å². The summed E-state index contributed by atoms with van der Waals surface area (Å²) in [5.74, 6) is 0.526. The van der Waals surface area contributed by atoms with Gasteiger partial charge in [0.1, 0.15) is 5.82 Å². The first-order chi connectivity index (χ1) is 17.7. The largest absolute Gasteiger partial charge is 0.324 e. The van der Waals surface area contributed by atoms with Crippen LogP contribution < -0.4 is 10.6 Å². The summed E-state index contributed by atoms with van der Waals surface area (Å²) in [5, 5.41) is 25.0. The van der Waals surface area contributed by atoms with Crippen molar-refractivity contribution < 1.29 is 4.79 Å². The number of hydrogen-bond acceptors (Lipinski definition) is 5. The summed E-state index contributed by atoms with van der Waals surface area (Å²) in [6.07, 6.45) is 5.44. The third kappa shape index (κ3) is 4.77. The molecule has 0 saturated carbocycles. The number of fused-ring (bicyclic) bond motifs is 1. The second-order valence-corrected chi connectivity index (χ2v) is 9.78. The van der Waals surface area contributed by atoms with Crippen molar-refractivity contribution in [2.75, 3.05) is 10.6 Å². The normalized spacial score (nSPS) is 11.3. The number of nitriles is 1. The van der Waals surface area contributed by atoms with Gasteiger partial charge in [0.25, 0.3) is 0 Å². The van der Waals surface area contributed by atoms with Crippen molar-refractivity contribution in [1.29, 1.82) is 5.26 Å². The lowest BCUT2D eigenvalue weighted by Gasteiger charge is -2.14. The Labute approximate surface area is 214 Å². The number of pyridine rings is 1. The molecule has 3 aromatic heterocycles. The van der Waals surface area contributed by atoms with E-state index in [-0.39, 0.29) is 11.4 Å². The number of benzene rings is 2. The van der Waals surface area contributed by atoms with Crippen LogP contribution in [0.1, 0.15) is 32.0 Å². The fourth-order valence-corrected chi connectivity index (χ4v) is 4.01. The van der Waals surface area contributed by atoms with Gasteiger partial charge in [-0.2, -0.15) is 15.5 Å². The molecule has 5 aromatic rings. The SMILES string of the molecule is Cn1ncc2c(-c3ccc(NC(=O)Nc4cc(C(C)(C)C)nn4-c4ccc(C#N)cc4)cc3)cncc21. The molecule has 0 bridgehead atoms. The van der Waals surface area contributed by atoms with Gasteiger partial charge in [-0.1, -0.05) is 32.9 Å². The minimum Gasteiger partial charge on any atom is -0.308 e. The Morgan fingerprint density at radius 2 is 1.70 bits per heavy atom. The van der Waals surface area contributed by atoms with Crippen LogP contribution >= 0.6 is 0 Å². The van der Waals surface area contributed by atoms with Gasteiger partial charge in [0, 0.05) is 41.4 Å². The number of aryl methyl sites for hydroxylation is 1. The van der Waals surface area contributed by atoms with Gasteiger partial charge in [0.15, 0.2) is 0 Å². The molecular formula is C28H26N8O. The summed E-state index contributed by atoms with van der Waals surface area (Å²) in [6.45, 7) is 6.18. The Bertz CT molecular complexity index is 1630. The average Bonchev–Trinajstić information content (AvgIpc) is 3.48. The maximum absolute atomic E-state index is 12.9. The van der Waals surface area contributed by atoms with Crippen molar-refractivity contribution in [3.8, 4) is 22.9 Å². The smallest absolute Gasteiger partial charge is 0.308 e. The summed E-state index contributed by atoms with van der Waals surface area (Å²) in [7, 11) is 1.89. The highest BCUT2D eigenvalue weighted by atomic mass is 16.2. The maximum atomic E-state index is 12.9. The number of nitrogens with zero attached hydrogens (tertiary/aromatic N) is 6. The second-order valence-electron chi connectivity index (χ2n) is 9.78. The van der Waals surface area contributed by atoms with Crippen molar-refractivity contribution in [2.45, 2.75) is 26.2 Å². The number of rotatable bonds is 4. The molecule has 0 radical (unpaired) electrons. The Balaban J connectivity index is 1.36. The quantitative estimate of drug-likeness (QED) is 0.339.